The van der Waals surface area contributed by atoms with E-state index in [4.69, 9.17) is 27.9 Å². The Morgan fingerprint density at radius 2 is 1.87 bits per heavy atom. The van der Waals surface area contributed by atoms with Gasteiger partial charge in [-0.3, -0.25) is 4.79 Å². The topological polar surface area (TPSA) is 55.4 Å². The molecule has 2 aromatic carbocycles. The van der Waals surface area contributed by atoms with E-state index in [1.807, 2.05) is 0 Å². The van der Waals surface area contributed by atoms with Gasteiger partial charge in [-0.1, -0.05) is 35.3 Å². The fraction of sp³-hybridized carbons (Fsp3) is 0.0588. The number of hydrogen-bond donors (Lipinski definition) is 1. The molecule has 2 aromatic rings. The second-order valence-electron chi connectivity index (χ2n) is 4.64. The van der Waals surface area contributed by atoms with Crippen LogP contribution < -0.4 is 10.1 Å². The Morgan fingerprint density at radius 3 is 2.57 bits per heavy atom. The largest absolute Gasteiger partial charge is 0.423 e. The summed E-state index contributed by atoms with van der Waals surface area (Å²) in [7, 11) is 0. The molecule has 23 heavy (non-hydrogen) atoms. The second kappa shape index (κ2) is 7.81. The molecule has 0 heterocycles. The molecule has 4 nitrogen and oxygen atoms in total. The fourth-order valence-electron chi connectivity index (χ4n) is 1.77. The van der Waals surface area contributed by atoms with Crippen molar-refractivity contribution in [3.05, 3.63) is 64.1 Å². The smallest absolute Gasteiger partial charge is 0.336 e. The highest BCUT2D eigenvalue weighted by atomic mass is 35.5. The third-order valence-electron chi connectivity index (χ3n) is 2.73. The molecule has 0 saturated heterocycles. The number of hydrogen-bond acceptors (Lipinski definition) is 3. The summed E-state index contributed by atoms with van der Waals surface area (Å²) in [5.74, 6) is -0.413. The predicted molar refractivity (Wildman–Crippen MR) is 91.9 cm³/mol. The summed E-state index contributed by atoms with van der Waals surface area (Å²) in [5, 5.41) is 3.47. The molecule has 0 aliphatic rings. The summed E-state index contributed by atoms with van der Waals surface area (Å²) >= 11 is 11.7. The van der Waals surface area contributed by atoms with Gasteiger partial charge in [0.2, 0.25) is 5.91 Å². The van der Waals surface area contributed by atoms with Crippen LogP contribution in [-0.2, 0) is 9.59 Å². The van der Waals surface area contributed by atoms with Crippen molar-refractivity contribution in [3.63, 3.8) is 0 Å². The molecule has 2 rings (SSSR count). The molecule has 0 atom stereocenters. The summed E-state index contributed by atoms with van der Waals surface area (Å²) in [6.45, 7) is 1.40. The third kappa shape index (κ3) is 5.43. The molecule has 1 amide bonds. The molecule has 0 radical (unpaired) electrons. The molecular weight excluding hydrogens is 337 g/mol. The molecule has 118 valence electrons. The van der Waals surface area contributed by atoms with Crippen molar-refractivity contribution >= 4 is 46.8 Å². The minimum Gasteiger partial charge on any atom is -0.423 e. The molecule has 0 bridgehead atoms. The van der Waals surface area contributed by atoms with Crippen LogP contribution >= 0.6 is 23.2 Å². The molecule has 0 fully saturated rings. The first-order valence-electron chi connectivity index (χ1n) is 6.66. The van der Waals surface area contributed by atoms with E-state index in [9.17, 15) is 9.59 Å². The molecule has 0 unspecified atom stereocenters. The summed E-state index contributed by atoms with van der Waals surface area (Å²) in [6, 6.07) is 11.6. The van der Waals surface area contributed by atoms with Crippen LogP contribution in [-0.4, -0.2) is 11.9 Å². The van der Waals surface area contributed by atoms with E-state index >= 15 is 0 Å². The van der Waals surface area contributed by atoms with E-state index < -0.39 is 5.97 Å². The van der Waals surface area contributed by atoms with Crippen LogP contribution in [0, 0.1) is 0 Å². The number of nitrogens with one attached hydrogen (secondary N) is 1. The third-order valence-corrected chi connectivity index (χ3v) is 3.47. The van der Waals surface area contributed by atoms with Crippen molar-refractivity contribution in [3.8, 4) is 5.75 Å². The van der Waals surface area contributed by atoms with E-state index in [1.54, 1.807) is 48.5 Å². The van der Waals surface area contributed by atoms with Gasteiger partial charge in [0.05, 0.1) is 10.0 Å². The van der Waals surface area contributed by atoms with Crippen LogP contribution in [0.15, 0.2) is 48.5 Å². The van der Waals surface area contributed by atoms with Crippen LogP contribution in [0.1, 0.15) is 12.5 Å². The number of halogens is 2. The zero-order chi connectivity index (χ0) is 16.8. The molecule has 0 aliphatic carbocycles. The maximum Gasteiger partial charge on any atom is 0.336 e. The normalized spacial score (nSPS) is 10.6. The van der Waals surface area contributed by atoms with E-state index in [1.165, 1.54) is 13.0 Å². The first-order chi connectivity index (χ1) is 10.9. The summed E-state index contributed by atoms with van der Waals surface area (Å²) < 4.78 is 5.18. The average Bonchev–Trinajstić information content (AvgIpc) is 2.48. The molecule has 0 aromatic heterocycles. The number of anilines is 1. The van der Waals surface area contributed by atoms with Gasteiger partial charge in [0.15, 0.2) is 0 Å². The number of carbonyl (C=O) groups is 2. The highest BCUT2D eigenvalue weighted by Crippen LogP contribution is 2.23. The molecule has 0 spiro atoms. The maximum absolute atomic E-state index is 11.8. The Kier molecular flexibility index (Phi) is 5.79. The van der Waals surface area contributed by atoms with Crippen molar-refractivity contribution in [2.45, 2.75) is 6.92 Å². The van der Waals surface area contributed by atoms with Crippen LogP contribution in [0.2, 0.25) is 10.0 Å². The zero-order valence-corrected chi connectivity index (χ0v) is 13.7. The van der Waals surface area contributed by atoms with Crippen LogP contribution in [0.4, 0.5) is 5.69 Å². The van der Waals surface area contributed by atoms with Gasteiger partial charge in [0.25, 0.3) is 0 Å². The average molecular weight is 350 g/mol. The number of rotatable bonds is 4. The number of amides is 1. The monoisotopic (exact) mass is 349 g/mol. The quantitative estimate of drug-likeness (QED) is 0.499. The lowest BCUT2D eigenvalue weighted by molar-refractivity contribution is -0.128. The van der Waals surface area contributed by atoms with Gasteiger partial charge in [-0.2, -0.15) is 0 Å². The van der Waals surface area contributed by atoms with Gasteiger partial charge in [0.1, 0.15) is 5.75 Å². The van der Waals surface area contributed by atoms with Gasteiger partial charge >= 0.3 is 5.97 Å². The summed E-state index contributed by atoms with van der Waals surface area (Å²) in [4.78, 5) is 22.8. The number of esters is 1. The number of ether oxygens (including phenoxy) is 1. The number of benzene rings is 2. The van der Waals surface area contributed by atoms with Crippen LogP contribution in [0.3, 0.4) is 0 Å². The van der Waals surface area contributed by atoms with Crippen molar-refractivity contribution < 1.29 is 14.3 Å². The lowest BCUT2D eigenvalue weighted by Crippen LogP contribution is -2.07. The summed E-state index contributed by atoms with van der Waals surface area (Å²) in [6.07, 6.45) is 2.85. The lowest BCUT2D eigenvalue weighted by Gasteiger charge is -2.05. The van der Waals surface area contributed by atoms with Crippen molar-refractivity contribution in [1.82, 2.24) is 0 Å². The molecule has 1 N–H and O–H groups in total. The number of carbonyl (C=O) groups excluding carboxylic acids is 2. The minimum absolute atomic E-state index is 0.201. The Hall–Kier alpha value is -2.30. The lowest BCUT2D eigenvalue weighted by atomic mass is 10.2. The maximum atomic E-state index is 11.8. The van der Waals surface area contributed by atoms with E-state index in [0.29, 0.717) is 21.5 Å². The highest BCUT2D eigenvalue weighted by molar-refractivity contribution is 6.42. The fourth-order valence-corrected chi connectivity index (χ4v) is 2.08. The van der Waals surface area contributed by atoms with Crippen molar-refractivity contribution in [2.24, 2.45) is 0 Å². The Bertz CT molecular complexity index is 772. The predicted octanol–water partition coefficient (Wildman–Crippen LogP) is 4.57. The molecule has 0 aliphatic heterocycles. The Morgan fingerprint density at radius 1 is 1.09 bits per heavy atom. The van der Waals surface area contributed by atoms with Gasteiger partial charge in [-0.15, -0.1) is 0 Å². The van der Waals surface area contributed by atoms with Gasteiger partial charge in [-0.05, 0) is 35.9 Å². The Balaban J connectivity index is 2.02. The van der Waals surface area contributed by atoms with Crippen molar-refractivity contribution in [2.75, 3.05) is 5.32 Å². The van der Waals surface area contributed by atoms with Gasteiger partial charge < -0.3 is 10.1 Å². The van der Waals surface area contributed by atoms with E-state index in [-0.39, 0.29) is 5.91 Å². The highest BCUT2D eigenvalue weighted by Gasteiger charge is 2.03. The van der Waals surface area contributed by atoms with E-state index in [0.717, 1.165) is 5.56 Å². The van der Waals surface area contributed by atoms with E-state index in [2.05, 4.69) is 5.32 Å². The van der Waals surface area contributed by atoms with Gasteiger partial charge in [-0.25, -0.2) is 4.79 Å². The summed E-state index contributed by atoms with van der Waals surface area (Å²) in [5.41, 5.74) is 1.28. The minimum atomic E-state index is -0.545. The second-order valence-corrected chi connectivity index (χ2v) is 5.45. The molecule has 0 saturated carbocycles. The van der Waals surface area contributed by atoms with Crippen molar-refractivity contribution in [1.29, 1.82) is 0 Å². The standard InChI is InChI=1S/C17H13Cl2NO3/c1-11(21)20-13-3-2-4-14(10-13)23-17(22)8-6-12-5-7-15(18)16(19)9-12/h2-10H,1H3,(H,20,21)/b8-6+. The SMILES string of the molecule is CC(=O)Nc1cccc(OC(=O)/C=C/c2ccc(Cl)c(Cl)c2)c1. The Labute approximate surface area is 143 Å². The van der Waals surface area contributed by atoms with Crippen LogP contribution in [0.25, 0.3) is 6.08 Å². The zero-order valence-electron chi connectivity index (χ0n) is 12.2. The molecule has 6 heteroatoms. The molecular formula is C17H13Cl2NO3. The van der Waals surface area contributed by atoms with Gasteiger partial charge in [0, 0.05) is 24.8 Å². The first kappa shape index (κ1) is 17.1. The van der Waals surface area contributed by atoms with Crippen LogP contribution in [0.5, 0.6) is 5.75 Å². The first-order valence-corrected chi connectivity index (χ1v) is 7.42.